The van der Waals surface area contributed by atoms with Gasteiger partial charge in [-0.05, 0) is 12.1 Å². The number of rotatable bonds is 2. The Hall–Kier alpha value is -1.77. The molecule has 3 nitrogen and oxygen atoms in total. The average molecular weight is 162 g/mol. The maximum absolute atomic E-state index is 10.2. The summed E-state index contributed by atoms with van der Waals surface area (Å²) < 4.78 is 5.06. The van der Waals surface area contributed by atoms with Crippen molar-refractivity contribution < 1.29 is 14.6 Å². The van der Waals surface area contributed by atoms with Crippen LogP contribution in [0.25, 0.3) is 6.08 Å². The minimum atomic E-state index is -0.951. The summed E-state index contributed by atoms with van der Waals surface area (Å²) in [7, 11) is 0. The summed E-state index contributed by atoms with van der Waals surface area (Å²) in [6.07, 6.45) is 2.62. The van der Waals surface area contributed by atoms with E-state index in [2.05, 4.69) is 0 Å². The van der Waals surface area contributed by atoms with Crippen molar-refractivity contribution in [2.45, 2.75) is 0 Å². The molecule has 1 aromatic carbocycles. The monoisotopic (exact) mass is 162 g/mol. The van der Waals surface area contributed by atoms with Crippen molar-refractivity contribution >= 4 is 12.0 Å². The van der Waals surface area contributed by atoms with E-state index in [1.54, 1.807) is 0 Å². The van der Waals surface area contributed by atoms with Crippen LogP contribution < -0.4 is 4.74 Å². The second kappa shape index (κ2) is 2.37. The molecule has 1 aromatic rings. The summed E-state index contributed by atoms with van der Waals surface area (Å²) in [4.78, 5) is 10.2. The van der Waals surface area contributed by atoms with Crippen molar-refractivity contribution in [2.24, 2.45) is 0 Å². The fraction of sp³-hybridized carbons (Fsp3) is 0. The van der Waals surface area contributed by atoms with Crippen LogP contribution in [0.2, 0.25) is 0 Å². The quantitative estimate of drug-likeness (QED) is 0.541. The van der Waals surface area contributed by atoms with Gasteiger partial charge < -0.3 is 9.84 Å². The van der Waals surface area contributed by atoms with Crippen LogP contribution in [-0.2, 0) is 4.79 Å². The smallest absolute Gasteiger partial charge is 0.328 e. The Labute approximate surface area is 68.9 Å². The van der Waals surface area contributed by atoms with Gasteiger partial charge in [-0.1, -0.05) is 12.1 Å². The number of fused-ring (bicyclic) bond motifs is 1. The highest BCUT2D eigenvalue weighted by molar-refractivity contribution is 5.87. The summed E-state index contributed by atoms with van der Waals surface area (Å²) in [6.45, 7) is 0. The van der Waals surface area contributed by atoms with Gasteiger partial charge in [0.15, 0.2) is 11.5 Å². The molecule has 0 amide bonds. The molecular weight excluding hydrogens is 156 g/mol. The molecule has 0 radical (unpaired) electrons. The second-order valence-electron chi connectivity index (χ2n) is 2.45. The Balaban J connectivity index is 2.26. The maximum Gasteiger partial charge on any atom is 0.328 e. The van der Waals surface area contributed by atoms with E-state index in [9.17, 15) is 4.79 Å². The van der Waals surface area contributed by atoms with Gasteiger partial charge in [-0.2, -0.15) is 0 Å². The molecule has 0 bridgehead atoms. The molecule has 1 heterocycles. The van der Waals surface area contributed by atoms with Gasteiger partial charge in [-0.3, -0.25) is 0 Å². The lowest BCUT2D eigenvalue weighted by Crippen LogP contribution is -1.84. The maximum atomic E-state index is 10.2. The summed E-state index contributed by atoms with van der Waals surface area (Å²) >= 11 is 0. The molecule has 0 fully saturated rings. The molecule has 1 aliphatic rings. The lowest BCUT2D eigenvalue weighted by molar-refractivity contribution is -0.131. The third kappa shape index (κ3) is 1.16. The van der Waals surface area contributed by atoms with Gasteiger partial charge in [-0.15, -0.1) is 0 Å². The highest BCUT2D eigenvalue weighted by atomic mass is 16.6. The first-order valence-corrected chi connectivity index (χ1v) is 3.49. The number of benzene rings is 1. The number of hydrogen-bond acceptors (Lipinski definition) is 2. The zero-order valence-corrected chi connectivity index (χ0v) is 6.15. The Morgan fingerprint density at radius 2 is 2.33 bits per heavy atom. The molecule has 0 unspecified atom stereocenters. The van der Waals surface area contributed by atoms with E-state index < -0.39 is 5.97 Å². The van der Waals surface area contributed by atoms with Crippen LogP contribution in [0.3, 0.4) is 0 Å². The van der Waals surface area contributed by atoms with Crippen molar-refractivity contribution in [3.05, 3.63) is 29.8 Å². The molecule has 1 N–H and O–H groups in total. The predicted octanol–water partition coefficient (Wildman–Crippen LogP) is 1.89. The van der Waals surface area contributed by atoms with E-state index >= 15 is 0 Å². The number of aliphatic carboxylic acids is 1. The van der Waals surface area contributed by atoms with Crippen LogP contribution in [0.4, 0.5) is 0 Å². The van der Waals surface area contributed by atoms with Crippen LogP contribution >= 0.6 is 0 Å². The number of carboxylic acids is 1. The minimum Gasteiger partial charge on any atom is -0.478 e. The molecule has 0 atom stereocenters. The molecule has 0 saturated carbocycles. The van der Waals surface area contributed by atoms with Crippen molar-refractivity contribution in [2.75, 3.05) is 0 Å². The summed E-state index contributed by atoms with van der Waals surface area (Å²) in [6, 6.07) is 5.48. The van der Waals surface area contributed by atoms with Crippen LogP contribution in [0.5, 0.6) is 11.5 Å². The summed E-state index contributed by atoms with van der Waals surface area (Å²) in [5.41, 5.74) is 0.815. The fourth-order valence-corrected chi connectivity index (χ4v) is 1.00. The first-order chi connectivity index (χ1) is 5.77. The lowest BCUT2D eigenvalue weighted by atomic mass is 10.2. The first-order valence-electron chi connectivity index (χ1n) is 3.49. The van der Waals surface area contributed by atoms with Gasteiger partial charge in [0.25, 0.3) is 0 Å². The molecule has 60 valence electrons. The highest BCUT2D eigenvalue weighted by Crippen LogP contribution is 2.48. The number of hydrogen-bond donors (Lipinski definition) is 1. The molecule has 2 rings (SSSR count). The van der Waals surface area contributed by atoms with E-state index in [0.29, 0.717) is 0 Å². The number of carboxylic acid groups (broad SMARTS) is 1. The topological polar surface area (TPSA) is 49.8 Å². The average Bonchev–Trinajstić information content (AvgIpc) is 2.78. The highest BCUT2D eigenvalue weighted by Gasteiger charge is 2.21. The molecule has 0 aliphatic carbocycles. The van der Waals surface area contributed by atoms with Gasteiger partial charge in [0.05, 0.1) is 0 Å². The zero-order valence-electron chi connectivity index (χ0n) is 6.15. The van der Waals surface area contributed by atoms with Crippen LogP contribution in [0.1, 0.15) is 5.56 Å². The molecule has 1 aliphatic heterocycles. The lowest BCUT2D eigenvalue weighted by Gasteiger charge is -1.83. The van der Waals surface area contributed by atoms with Gasteiger partial charge in [0.2, 0.25) is 0 Å². The molecule has 3 heteroatoms. The van der Waals surface area contributed by atoms with E-state index in [1.807, 2.05) is 18.2 Å². The van der Waals surface area contributed by atoms with Gasteiger partial charge in [0, 0.05) is 11.6 Å². The van der Waals surface area contributed by atoms with Crippen LogP contribution in [-0.4, -0.2) is 11.1 Å². The van der Waals surface area contributed by atoms with E-state index in [-0.39, 0.29) is 0 Å². The number of carbonyl (C=O) groups is 1. The molecule has 0 aromatic heterocycles. The third-order valence-electron chi connectivity index (χ3n) is 1.59. The van der Waals surface area contributed by atoms with Gasteiger partial charge >= 0.3 is 5.97 Å². The van der Waals surface area contributed by atoms with Crippen LogP contribution in [0.15, 0.2) is 24.3 Å². The summed E-state index contributed by atoms with van der Waals surface area (Å²) in [5.74, 6) is 0.672. The van der Waals surface area contributed by atoms with Crippen molar-refractivity contribution in [3.8, 4) is 11.5 Å². The Bertz CT molecular complexity index is 366. The Kier molecular flexibility index (Phi) is 1.37. The predicted molar refractivity (Wildman–Crippen MR) is 43.2 cm³/mol. The third-order valence-corrected chi connectivity index (χ3v) is 1.59. The Morgan fingerprint density at radius 3 is 3.08 bits per heavy atom. The fourth-order valence-electron chi connectivity index (χ4n) is 1.00. The van der Waals surface area contributed by atoms with E-state index in [4.69, 9.17) is 9.84 Å². The van der Waals surface area contributed by atoms with Crippen LogP contribution in [0, 0.1) is 0 Å². The molecular formula is C9H6O3. The normalized spacial score (nSPS) is 12.3. The zero-order chi connectivity index (χ0) is 8.55. The number of para-hydroxylation sites is 1. The Morgan fingerprint density at radius 1 is 1.50 bits per heavy atom. The van der Waals surface area contributed by atoms with Crippen molar-refractivity contribution in [1.82, 2.24) is 0 Å². The molecule has 0 spiro atoms. The van der Waals surface area contributed by atoms with Crippen molar-refractivity contribution in [1.29, 1.82) is 0 Å². The van der Waals surface area contributed by atoms with E-state index in [0.717, 1.165) is 23.1 Å². The molecule has 0 saturated heterocycles. The number of ether oxygens (including phenoxy) is 1. The SMILES string of the molecule is O=C(O)/C=C/c1cccc2c1O2. The van der Waals surface area contributed by atoms with E-state index in [1.165, 1.54) is 6.08 Å². The largest absolute Gasteiger partial charge is 0.478 e. The van der Waals surface area contributed by atoms with Gasteiger partial charge in [0.1, 0.15) is 0 Å². The standard InChI is InChI=1S/C9H6O3/c10-8(11)5-4-6-2-1-3-7-9(6)12-7/h1-5H,(H,10,11)/b5-4+. The minimum absolute atomic E-state index is 0.787. The van der Waals surface area contributed by atoms with Gasteiger partial charge in [-0.25, -0.2) is 4.79 Å². The van der Waals surface area contributed by atoms with Crippen molar-refractivity contribution in [3.63, 3.8) is 0 Å². The second-order valence-corrected chi connectivity index (χ2v) is 2.45. The molecule has 12 heavy (non-hydrogen) atoms. The summed E-state index contributed by atoms with van der Waals surface area (Å²) in [5, 5.41) is 8.36. The first kappa shape index (κ1) is 6.91.